The molecule has 8 heteroatoms. The third-order valence-corrected chi connectivity index (χ3v) is 10.3. The zero-order valence-corrected chi connectivity index (χ0v) is 29.1. The Bertz CT molecular complexity index is 1500. The predicted molar refractivity (Wildman–Crippen MR) is 189 cm³/mol. The number of carbonyl (C=O) groups excluding carboxylic acids is 2. The van der Waals surface area contributed by atoms with Gasteiger partial charge in [0.1, 0.15) is 0 Å². The molecule has 0 aliphatic heterocycles. The van der Waals surface area contributed by atoms with Crippen molar-refractivity contribution in [1.29, 1.82) is 0 Å². The summed E-state index contributed by atoms with van der Waals surface area (Å²) in [6.45, 7) is 7.53. The van der Waals surface area contributed by atoms with Crippen molar-refractivity contribution in [2.45, 2.75) is 102 Å². The van der Waals surface area contributed by atoms with Gasteiger partial charge in [0.25, 0.3) is 11.8 Å². The van der Waals surface area contributed by atoms with Crippen molar-refractivity contribution in [2.75, 3.05) is 26.3 Å². The normalized spacial score (nSPS) is 15.6. The van der Waals surface area contributed by atoms with E-state index in [1.165, 1.54) is 0 Å². The summed E-state index contributed by atoms with van der Waals surface area (Å²) in [5.74, 6) is -0.366. The van der Waals surface area contributed by atoms with Crippen LogP contribution in [0.4, 0.5) is 0 Å². The number of amides is 2. The highest BCUT2D eigenvalue weighted by Gasteiger charge is 2.41. The Balaban J connectivity index is 1.56. The van der Waals surface area contributed by atoms with Gasteiger partial charge < -0.3 is 30.2 Å². The smallest absolute Gasteiger partial charge is 0.254 e. The van der Waals surface area contributed by atoms with Crippen LogP contribution in [0.2, 0.25) is 0 Å². The number of aliphatic hydroxyl groups is 4. The largest absolute Gasteiger partial charge is 0.395 e. The number of hydrogen-bond acceptors (Lipinski definition) is 6. The molecule has 0 aromatic heterocycles. The maximum atomic E-state index is 14.3. The maximum Gasteiger partial charge on any atom is 0.254 e. The third kappa shape index (κ3) is 8.53. The summed E-state index contributed by atoms with van der Waals surface area (Å²) < 4.78 is 0. The van der Waals surface area contributed by atoms with Crippen molar-refractivity contribution in [2.24, 2.45) is 0 Å². The highest BCUT2D eigenvalue weighted by Crippen LogP contribution is 2.39. The number of benzene rings is 3. The molecule has 4 N–H and O–H groups in total. The van der Waals surface area contributed by atoms with Crippen molar-refractivity contribution in [3.8, 4) is 0 Å². The van der Waals surface area contributed by atoms with Gasteiger partial charge in [-0.05, 0) is 88.1 Å². The molecular formula is C40H54N2O6. The van der Waals surface area contributed by atoms with Crippen LogP contribution in [-0.2, 0) is 18.4 Å². The fourth-order valence-electron chi connectivity index (χ4n) is 7.32. The molecule has 0 spiro atoms. The second-order valence-electron chi connectivity index (χ2n) is 13.9. The van der Waals surface area contributed by atoms with Crippen LogP contribution in [0.3, 0.4) is 0 Å². The molecular weight excluding hydrogens is 604 g/mol. The Hall–Kier alpha value is -3.56. The van der Waals surface area contributed by atoms with Crippen LogP contribution in [0, 0.1) is 6.92 Å². The van der Waals surface area contributed by atoms with Gasteiger partial charge in [0.2, 0.25) is 0 Å². The van der Waals surface area contributed by atoms with Gasteiger partial charge in [0.05, 0.1) is 37.5 Å². The predicted octanol–water partition coefficient (Wildman–Crippen LogP) is 5.42. The lowest BCUT2D eigenvalue weighted by Gasteiger charge is -2.41. The number of carbonyl (C=O) groups is 2. The Morgan fingerprint density at radius 1 is 0.854 bits per heavy atom. The quantitative estimate of drug-likeness (QED) is 0.163. The van der Waals surface area contributed by atoms with Crippen LogP contribution in [0.5, 0.6) is 0 Å². The molecule has 2 atom stereocenters. The number of rotatable bonds is 16. The lowest BCUT2D eigenvalue weighted by molar-refractivity contribution is 0.0180. The summed E-state index contributed by atoms with van der Waals surface area (Å²) in [6.07, 6.45) is 4.05. The SMILES string of the molecule is CCC1(N(CCO)C(=O)c2ccccc2CCC(O)Cc2ccc(C)cc2C(=O)N(CC(O)CO)C(C)(C)c2ccccc2)CCCC1. The lowest BCUT2D eigenvalue weighted by atomic mass is 9.89. The minimum atomic E-state index is -1.12. The van der Waals surface area contributed by atoms with Gasteiger partial charge >= 0.3 is 0 Å². The van der Waals surface area contributed by atoms with Gasteiger partial charge in [-0.15, -0.1) is 0 Å². The number of aryl methyl sites for hydroxylation is 2. The Morgan fingerprint density at radius 2 is 1.52 bits per heavy atom. The monoisotopic (exact) mass is 658 g/mol. The molecule has 0 bridgehead atoms. The van der Waals surface area contributed by atoms with E-state index in [2.05, 4.69) is 6.92 Å². The summed E-state index contributed by atoms with van der Waals surface area (Å²) in [5, 5.41) is 41.4. The third-order valence-electron chi connectivity index (χ3n) is 10.3. The molecule has 8 nitrogen and oxygen atoms in total. The highest BCUT2D eigenvalue weighted by atomic mass is 16.3. The first kappa shape index (κ1) is 37.3. The molecule has 0 saturated heterocycles. The molecule has 0 heterocycles. The first-order valence-electron chi connectivity index (χ1n) is 17.4. The van der Waals surface area contributed by atoms with Crippen LogP contribution in [0.15, 0.2) is 72.8 Å². The van der Waals surface area contributed by atoms with Crippen LogP contribution >= 0.6 is 0 Å². The van der Waals surface area contributed by atoms with Crippen molar-refractivity contribution in [1.82, 2.24) is 9.80 Å². The molecule has 1 saturated carbocycles. The van der Waals surface area contributed by atoms with Crippen LogP contribution < -0.4 is 0 Å². The molecule has 3 aromatic carbocycles. The van der Waals surface area contributed by atoms with Crippen molar-refractivity contribution >= 4 is 11.8 Å². The molecule has 1 aliphatic rings. The van der Waals surface area contributed by atoms with Gasteiger partial charge in [0.15, 0.2) is 0 Å². The second kappa shape index (κ2) is 16.7. The van der Waals surface area contributed by atoms with Crippen LogP contribution in [-0.4, -0.2) is 86.1 Å². The summed E-state index contributed by atoms with van der Waals surface area (Å²) in [5.41, 5.74) is 3.33. The molecule has 1 fully saturated rings. The number of β-amino-alcohol motifs (C(OH)–C–C–N with tert-alkyl or cyclic N) is 1. The summed E-state index contributed by atoms with van der Waals surface area (Å²) in [7, 11) is 0. The summed E-state index contributed by atoms with van der Waals surface area (Å²) in [4.78, 5) is 31.8. The Labute approximate surface area is 286 Å². The van der Waals surface area contributed by atoms with E-state index >= 15 is 0 Å². The molecule has 2 amide bonds. The van der Waals surface area contributed by atoms with Crippen molar-refractivity contribution in [3.63, 3.8) is 0 Å². The topological polar surface area (TPSA) is 122 Å². The van der Waals surface area contributed by atoms with Gasteiger partial charge in [-0.3, -0.25) is 9.59 Å². The molecule has 2 unspecified atom stereocenters. The van der Waals surface area contributed by atoms with E-state index in [9.17, 15) is 30.0 Å². The number of hydrogen-bond donors (Lipinski definition) is 4. The van der Waals surface area contributed by atoms with E-state index < -0.39 is 24.4 Å². The van der Waals surface area contributed by atoms with Gasteiger partial charge in [-0.1, -0.05) is 86.0 Å². The fourth-order valence-corrected chi connectivity index (χ4v) is 7.32. The Kier molecular flexibility index (Phi) is 13.0. The minimum absolute atomic E-state index is 0.0649. The minimum Gasteiger partial charge on any atom is -0.395 e. The number of aliphatic hydroxyl groups excluding tert-OH is 4. The zero-order valence-electron chi connectivity index (χ0n) is 29.1. The van der Waals surface area contributed by atoms with E-state index in [1.54, 1.807) is 4.90 Å². The van der Waals surface area contributed by atoms with Gasteiger partial charge in [-0.25, -0.2) is 0 Å². The standard InChI is InChI=1S/C40H54N2O6/c1-5-40(21-11-12-22-40)41(23-24-43)37(47)35-16-10-9-13-30(35)19-20-33(45)26-31-18-17-29(2)25-36(31)38(48)42(27-34(46)28-44)39(3,4)32-14-7-6-8-15-32/h6-10,13-18,25,33-34,43-46H,5,11-12,19-24,26-28H2,1-4H3. The molecule has 260 valence electrons. The molecule has 3 aromatic rings. The highest BCUT2D eigenvalue weighted by molar-refractivity contribution is 5.97. The number of nitrogens with zero attached hydrogens (tertiary/aromatic N) is 2. The lowest BCUT2D eigenvalue weighted by Crippen LogP contribution is -2.51. The summed E-state index contributed by atoms with van der Waals surface area (Å²) >= 11 is 0. The maximum absolute atomic E-state index is 14.3. The van der Waals surface area contributed by atoms with E-state index in [-0.39, 0.29) is 36.9 Å². The second-order valence-corrected chi connectivity index (χ2v) is 13.9. The van der Waals surface area contributed by atoms with Gasteiger partial charge in [-0.2, -0.15) is 0 Å². The molecule has 4 rings (SSSR count). The average Bonchev–Trinajstić information content (AvgIpc) is 3.59. The van der Waals surface area contributed by atoms with E-state index in [0.29, 0.717) is 36.1 Å². The molecule has 48 heavy (non-hydrogen) atoms. The van der Waals surface area contributed by atoms with Gasteiger partial charge in [0, 0.05) is 23.2 Å². The zero-order chi connectivity index (χ0) is 34.9. The van der Waals surface area contributed by atoms with Crippen molar-refractivity contribution < 1.29 is 30.0 Å². The first-order valence-corrected chi connectivity index (χ1v) is 17.4. The van der Waals surface area contributed by atoms with Crippen molar-refractivity contribution in [3.05, 3.63) is 106 Å². The van der Waals surface area contributed by atoms with E-state index in [0.717, 1.165) is 48.8 Å². The Morgan fingerprint density at radius 3 is 2.17 bits per heavy atom. The van der Waals surface area contributed by atoms with Crippen LogP contribution in [0.1, 0.15) is 102 Å². The van der Waals surface area contributed by atoms with E-state index in [1.807, 2.05) is 98.5 Å². The fraction of sp³-hybridized carbons (Fsp3) is 0.500. The first-order chi connectivity index (χ1) is 23.0. The summed E-state index contributed by atoms with van der Waals surface area (Å²) in [6, 6.07) is 22.7. The molecule has 1 aliphatic carbocycles. The average molecular weight is 659 g/mol. The molecule has 0 radical (unpaired) electrons. The van der Waals surface area contributed by atoms with E-state index in [4.69, 9.17) is 0 Å². The van der Waals surface area contributed by atoms with Crippen LogP contribution in [0.25, 0.3) is 0 Å².